The van der Waals surface area contributed by atoms with E-state index in [-0.39, 0.29) is 33.7 Å². The maximum atomic E-state index is 11.3. The average Bonchev–Trinajstić information content (AvgIpc) is 2.46. The van der Waals surface area contributed by atoms with Gasteiger partial charge in [0.1, 0.15) is 11.5 Å². The third-order valence-corrected chi connectivity index (χ3v) is 4.95. The number of hydrogen-bond acceptors (Lipinski definition) is 4. The maximum Gasteiger partial charge on any atom is 0.305 e. The van der Waals surface area contributed by atoms with Gasteiger partial charge in [-0.2, -0.15) is 0 Å². The molecular weight excluding hydrogens is 328 g/mol. The molecular formula is C22H36O4. The summed E-state index contributed by atoms with van der Waals surface area (Å²) in [4.78, 5) is 11.3. The summed E-state index contributed by atoms with van der Waals surface area (Å²) in [5, 5.41) is 21.3. The van der Waals surface area contributed by atoms with Crippen molar-refractivity contribution in [3.8, 4) is 11.5 Å². The molecule has 0 aromatic heterocycles. The van der Waals surface area contributed by atoms with Crippen LogP contribution in [0.1, 0.15) is 85.3 Å². The fraction of sp³-hybridized carbons (Fsp3) is 0.682. The summed E-state index contributed by atoms with van der Waals surface area (Å²) >= 11 is 0. The van der Waals surface area contributed by atoms with Gasteiger partial charge in [-0.25, -0.2) is 0 Å². The van der Waals surface area contributed by atoms with Crippen LogP contribution in [0, 0.1) is 5.41 Å². The number of rotatable bonds is 7. The highest BCUT2D eigenvalue weighted by atomic mass is 16.5. The van der Waals surface area contributed by atoms with E-state index in [0.29, 0.717) is 24.8 Å². The lowest BCUT2D eigenvalue weighted by atomic mass is 9.71. The van der Waals surface area contributed by atoms with E-state index in [2.05, 4.69) is 39.4 Å². The standard InChI is InChI=1S/C22H36O4/c1-20(2,3)14-22(6,7)16-13-17(23)15(12-18(16)24)21(4,5)11-9-10-19(25)26-8/h12-13,23-24H,9-11,14H2,1-8H3. The van der Waals surface area contributed by atoms with Crippen molar-refractivity contribution in [2.24, 2.45) is 5.41 Å². The van der Waals surface area contributed by atoms with Crippen LogP contribution in [-0.4, -0.2) is 23.3 Å². The average molecular weight is 365 g/mol. The minimum absolute atomic E-state index is 0.109. The summed E-state index contributed by atoms with van der Waals surface area (Å²) in [5.41, 5.74) is 0.960. The highest BCUT2D eigenvalue weighted by Crippen LogP contribution is 2.45. The van der Waals surface area contributed by atoms with Crippen molar-refractivity contribution in [1.82, 2.24) is 0 Å². The normalized spacial score (nSPS) is 12.9. The van der Waals surface area contributed by atoms with Gasteiger partial charge in [0.05, 0.1) is 7.11 Å². The Morgan fingerprint density at radius 2 is 1.38 bits per heavy atom. The zero-order chi connectivity index (χ0) is 20.3. The molecule has 0 unspecified atom stereocenters. The fourth-order valence-corrected chi connectivity index (χ4v) is 3.99. The maximum absolute atomic E-state index is 11.3. The number of benzene rings is 1. The zero-order valence-corrected chi connectivity index (χ0v) is 17.7. The Morgan fingerprint density at radius 3 is 1.81 bits per heavy atom. The van der Waals surface area contributed by atoms with Gasteiger partial charge in [-0.3, -0.25) is 4.79 Å². The van der Waals surface area contributed by atoms with Crippen molar-refractivity contribution in [2.45, 2.75) is 85.0 Å². The van der Waals surface area contributed by atoms with Crippen LogP contribution in [0.4, 0.5) is 0 Å². The highest BCUT2D eigenvalue weighted by molar-refractivity contribution is 5.69. The molecule has 1 aromatic rings. The minimum Gasteiger partial charge on any atom is -0.508 e. The van der Waals surface area contributed by atoms with Crippen LogP contribution in [0.25, 0.3) is 0 Å². The largest absolute Gasteiger partial charge is 0.508 e. The first kappa shape index (κ1) is 22.3. The van der Waals surface area contributed by atoms with Gasteiger partial charge < -0.3 is 14.9 Å². The molecule has 0 bridgehead atoms. The Bertz CT molecular complexity index is 636. The van der Waals surface area contributed by atoms with E-state index in [4.69, 9.17) is 0 Å². The Labute approximate surface area is 158 Å². The minimum atomic E-state index is -0.359. The lowest BCUT2D eigenvalue weighted by molar-refractivity contribution is -0.140. The first-order valence-electron chi connectivity index (χ1n) is 9.33. The van der Waals surface area contributed by atoms with Crippen LogP contribution in [0.2, 0.25) is 0 Å². The van der Waals surface area contributed by atoms with Crippen LogP contribution in [-0.2, 0) is 20.4 Å². The number of ether oxygens (including phenoxy) is 1. The van der Waals surface area contributed by atoms with Crippen molar-refractivity contribution < 1.29 is 19.7 Å². The van der Waals surface area contributed by atoms with Gasteiger partial charge in [-0.1, -0.05) is 48.5 Å². The SMILES string of the molecule is COC(=O)CCCC(C)(C)c1cc(O)c(C(C)(C)CC(C)(C)C)cc1O. The molecule has 0 aliphatic heterocycles. The molecule has 4 heteroatoms. The van der Waals surface area contributed by atoms with Gasteiger partial charge in [-0.05, 0) is 47.6 Å². The number of hydrogen-bond donors (Lipinski definition) is 2. The molecule has 4 nitrogen and oxygen atoms in total. The number of phenols is 2. The van der Waals surface area contributed by atoms with Crippen molar-refractivity contribution in [2.75, 3.05) is 7.11 Å². The van der Waals surface area contributed by atoms with Gasteiger partial charge in [0.25, 0.3) is 0 Å². The van der Waals surface area contributed by atoms with E-state index >= 15 is 0 Å². The van der Waals surface area contributed by atoms with E-state index in [1.165, 1.54) is 7.11 Å². The second-order valence-corrected chi connectivity index (χ2v) is 9.82. The molecule has 1 rings (SSSR count). The fourth-order valence-electron chi connectivity index (χ4n) is 3.99. The molecule has 0 amide bonds. The Kier molecular flexibility index (Phi) is 6.78. The lowest BCUT2D eigenvalue weighted by Gasteiger charge is -2.34. The van der Waals surface area contributed by atoms with Gasteiger partial charge in [0.2, 0.25) is 0 Å². The molecule has 0 aliphatic carbocycles. The van der Waals surface area contributed by atoms with Gasteiger partial charge in [0, 0.05) is 17.5 Å². The second kappa shape index (κ2) is 7.89. The molecule has 0 saturated carbocycles. The van der Waals surface area contributed by atoms with Crippen LogP contribution >= 0.6 is 0 Å². The van der Waals surface area contributed by atoms with E-state index < -0.39 is 0 Å². The Hall–Kier alpha value is -1.71. The van der Waals surface area contributed by atoms with Crippen LogP contribution in [0.5, 0.6) is 11.5 Å². The predicted octanol–water partition coefficient (Wildman–Crippen LogP) is 5.43. The van der Waals surface area contributed by atoms with Crippen molar-refractivity contribution in [3.05, 3.63) is 23.3 Å². The van der Waals surface area contributed by atoms with Gasteiger partial charge in [-0.15, -0.1) is 0 Å². The lowest BCUT2D eigenvalue weighted by Crippen LogP contribution is -2.25. The summed E-state index contributed by atoms with van der Waals surface area (Å²) < 4.78 is 4.68. The van der Waals surface area contributed by atoms with E-state index in [1.54, 1.807) is 12.1 Å². The zero-order valence-electron chi connectivity index (χ0n) is 17.7. The second-order valence-electron chi connectivity index (χ2n) is 9.82. The first-order chi connectivity index (χ1) is 11.7. The molecule has 1 aromatic carbocycles. The molecule has 148 valence electrons. The number of phenolic OH excluding ortho intramolecular Hbond substituents is 2. The van der Waals surface area contributed by atoms with Gasteiger partial charge in [0.15, 0.2) is 0 Å². The molecule has 0 atom stereocenters. The summed E-state index contributed by atoms with van der Waals surface area (Å²) in [6, 6.07) is 3.39. The predicted molar refractivity (Wildman–Crippen MR) is 106 cm³/mol. The summed E-state index contributed by atoms with van der Waals surface area (Å²) in [7, 11) is 1.38. The van der Waals surface area contributed by atoms with E-state index in [9.17, 15) is 15.0 Å². The monoisotopic (exact) mass is 364 g/mol. The molecule has 26 heavy (non-hydrogen) atoms. The van der Waals surface area contributed by atoms with Crippen LogP contribution in [0.15, 0.2) is 12.1 Å². The summed E-state index contributed by atoms with van der Waals surface area (Å²) in [5.74, 6) is 0.183. The molecule has 0 radical (unpaired) electrons. The topological polar surface area (TPSA) is 66.8 Å². The van der Waals surface area contributed by atoms with Crippen LogP contribution < -0.4 is 0 Å². The Morgan fingerprint density at radius 1 is 0.923 bits per heavy atom. The quantitative estimate of drug-likeness (QED) is 0.500. The summed E-state index contributed by atoms with van der Waals surface area (Å²) in [6.07, 6.45) is 2.61. The Balaban J connectivity index is 3.10. The van der Waals surface area contributed by atoms with Crippen molar-refractivity contribution in [1.29, 1.82) is 0 Å². The summed E-state index contributed by atoms with van der Waals surface area (Å²) in [6.45, 7) is 14.7. The molecule has 0 fully saturated rings. The van der Waals surface area contributed by atoms with E-state index in [1.807, 2.05) is 13.8 Å². The van der Waals surface area contributed by atoms with E-state index in [0.717, 1.165) is 12.0 Å². The van der Waals surface area contributed by atoms with Crippen LogP contribution in [0.3, 0.4) is 0 Å². The van der Waals surface area contributed by atoms with Crippen molar-refractivity contribution in [3.63, 3.8) is 0 Å². The number of aromatic hydroxyl groups is 2. The highest BCUT2D eigenvalue weighted by Gasteiger charge is 2.32. The molecule has 0 spiro atoms. The van der Waals surface area contributed by atoms with Gasteiger partial charge >= 0.3 is 5.97 Å². The third-order valence-electron chi connectivity index (χ3n) is 4.95. The number of esters is 1. The number of methoxy groups -OCH3 is 1. The molecule has 0 saturated heterocycles. The smallest absolute Gasteiger partial charge is 0.305 e. The number of carbonyl (C=O) groups excluding carboxylic acids is 1. The molecule has 0 aliphatic rings. The third kappa shape index (κ3) is 5.93. The molecule has 0 heterocycles. The molecule has 2 N–H and O–H groups in total. The number of carbonyl (C=O) groups is 1. The van der Waals surface area contributed by atoms with Crippen molar-refractivity contribution >= 4 is 5.97 Å². The first-order valence-corrected chi connectivity index (χ1v) is 9.33.